The molecule has 0 N–H and O–H groups in total. The van der Waals surface area contributed by atoms with Gasteiger partial charge in [-0.25, -0.2) is 5.01 Å². The van der Waals surface area contributed by atoms with Crippen molar-refractivity contribution in [3.05, 3.63) is 97.5 Å². The van der Waals surface area contributed by atoms with Crippen LogP contribution in [0.2, 0.25) is 10.0 Å². The third kappa shape index (κ3) is 3.53. The molecular weight excluding hydrogens is 453 g/mol. The summed E-state index contributed by atoms with van der Waals surface area (Å²) in [6.45, 7) is 0. The van der Waals surface area contributed by atoms with Crippen LogP contribution in [0.25, 0.3) is 0 Å². The molecule has 0 unspecified atom stereocenters. The minimum atomic E-state index is -0.679. The highest BCUT2D eigenvalue weighted by Crippen LogP contribution is 2.51. The minimum Gasteiger partial charge on any atom is -0.497 e. The number of hydrazone groups is 1. The lowest BCUT2D eigenvalue weighted by molar-refractivity contribution is -0.385. The number of benzene rings is 3. The number of rotatable bonds is 4. The van der Waals surface area contributed by atoms with Gasteiger partial charge < -0.3 is 9.47 Å². The van der Waals surface area contributed by atoms with E-state index in [-0.39, 0.29) is 11.7 Å². The summed E-state index contributed by atoms with van der Waals surface area (Å²) in [5, 5.41) is 18.9. The summed E-state index contributed by atoms with van der Waals surface area (Å²) in [5.74, 6) is 1.27. The van der Waals surface area contributed by atoms with Crippen LogP contribution in [0.3, 0.4) is 0 Å². The molecule has 0 amide bonds. The van der Waals surface area contributed by atoms with E-state index in [4.69, 9.17) is 37.8 Å². The van der Waals surface area contributed by atoms with Crippen molar-refractivity contribution in [3.8, 4) is 11.5 Å². The molecule has 9 heteroatoms. The Hall–Kier alpha value is -3.29. The van der Waals surface area contributed by atoms with Crippen LogP contribution >= 0.6 is 23.2 Å². The van der Waals surface area contributed by atoms with Gasteiger partial charge in [0.1, 0.15) is 11.5 Å². The Morgan fingerprint density at radius 1 is 1.16 bits per heavy atom. The highest BCUT2D eigenvalue weighted by atomic mass is 35.5. The molecule has 0 fully saturated rings. The lowest BCUT2D eigenvalue weighted by Gasteiger charge is -2.38. The Labute approximate surface area is 193 Å². The molecule has 2 atom stereocenters. The van der Waals surface area contributed by atoms with E-state index in [0.717, 1.165) is 22.6 Å². The number of halogens is 2. The molecule has 3 aromatic rings. The first-order valence-corrected chi connectivity index (χ1v) is 10.6. The second kappa shape index (κ2) is 8.00. The molecule has 32 heavy (non-hydrogen) atoms. The average Bonchev–Trinajstić information content (AvgIpc) is 3.24. The maximum absolute atomic E-state index is 11.3. The first kappa shape index (κ1) is 20.6. The lowest BCUT2D eigenvalue weighted by Crippen LogP contribution is -2.33. The third-order valence-electron chi connectivity index (χ3n) is 5.60. The zero-order valence-electron chi connectivity index (χ0n) is 16.9. The summed E-state index contributed by atoms with van der Waals surface area (Å²) >= 11 is 12.8. The zero-order valence-corrected chi connectivity index (χ0v) is 18.4. The van der Waals surface area contributed by atoms with Crippen molar-refractivity contribution in [2.75, 3.05) is 7.11 Å². The summed E-state index contributed by atoms with van der Waals surface area (Å²) < 4.78 is 11.5. The van der Waals surface area contributed by atoms with E-state index in [0.29, 0.717) is 27.8 Å². The van der Waals surface area contributed by atoms with Crippen molar-refractivity contribution in [1.29, 1.82) is 0 Å². The van der Waals surface area contributed by atoms with Gasteiger partial charge in [0, 0.05) is 34.7 Å². The van der Waals surface area contributed by atoms with E-state index >= 15 is 0 Å². The number of ether oxygens (including phenoxy) is 2. The van der Waals surface area contributed by atoms with Gasteiger partial charge in [-0.1, -0.05) is 35.3 Å². The van der Waals surface area contributed by atoms with Crippen molar-refractivity contribution in [1.82, 2.24) is 5.01 Å². The lowest BCUT2D eigenvalue weighted by atomic mass is 9.95. The topological polar surface area (TPSA) is 77.2 Å². The average molecular weight is 470 g/mol. The van der Waals surface area contributed by atoms with E-state index in [1.54, 1.807) is 25.3 Å². The van der Waals surface area contributed by atoms with Crippen LogP contribution in [0.4, 0.5) is 5.69 Å². The number of hydrogen-bond acceptors (Lipinski definition) is 6. The molecule has 0 aromatic heterocycles. The fourth-order valence-electron chi connectivity index (χ4n) is 4.08. The quantitative estimate of drug-likeness (QED) is 0.338. The molecule has 162 valence electrons. The molecule has 0 aliphatic carbocycles. The fourth-order valence-corrected chi connectivity index (χ4v) is 4.64. The second-order valence-electron chi connectivity index (χ2n) is 7.50. The maximum Gasteiger partial charge on any atom is 0.269 e. The van der Waals surface area contributed by atoms with Gasteiger partial charge in [0.15, 0.2) is 0 Å². The number of methoxy groups -OCH3 is 1. The van der Waals surface area contributed by atoms with Crippen LogP contribution in [0.1, 0.15) is 35.4 Å². The maximum atomic E-state index is 11.3. The number of nitrogens with zero attached hydrogens (tertiary/aromatic N) is 3. The summed E-state index contributed by atoms with van der Waals surface area (Å²) in [6, 6.07) is 17.3. The number of hydrogen-bond donors (Lipinski definition) is 0. The van der Waals surface area contributed by atoms with Crippen LogP contribution in [-0.2, 0) is 0 Å². The van der Waals surface area contributed by atoms with Crippen LogP contribution < -0.4 is 9.47 Å². The van der Waals surface area contributed by atoms with Crippen molar-refractivity contribution in [3.63, 3.8) is 0 Å². The van der Waals surface area contributed by atoms with E-state index in [1.807, 2.05) is 35.3 Å². The van der Waals surface area contributed by atoms with E-state index in [1.165, 1.54) is 12.1 Å². The molecule has 0 bridgehead atoms. The van der Waals surface area contributed by atoms with Gasteiger partial charge in [-0.3, -0.25) is 10.1 Å². The van der Waals surface area contributed by atoms with Gasteiger partial charge in [-0.15, -0.1) is 0 Å². The zero-order chi connectivity index (χ0) is 22.4. The molecule has 5 rings (SSSR count). The summed E-state index contributed by atoms with van der Waals surface area (Å²) in [7, 11) is 1.62. The first-order valence-electron chi connectivity index (χ1n) is 9.85. The molecule has 7 nitrogen and oxygen atoms in total. The second-order valence-corrected chi connectivity index (χ2v) is 8.35. The van der Waals surface area contributed by atoms with Crippen LogP contribution in [0.15, 0.2) is 65.8 Å². The first-order chi connectivity index (χ1) is 15.4. The predicted molar refractivity (Wildman–Crippen MR) is 122 cm³/mol. The summed E-state index contributed by atoms with van der Waals surface area (Å²) in [5.41, 5.74) is 3.24. The molecule has 2 aliphatic heterocycles. The Morgan fingerprint density at radius 2 is 1.94 bits per heavy atom. The van der Waals surface area contributed by atoms with Crippen molar-refractivity contribution >= 4 is 34.6 Å². The van der Waals surface area contributed by atoms with Crippen LogP contribution in [0.5, 0.6) is 11.5 Å². The Kier molecular flexibility index (Phi) is 5.15. The number of nitro benzene ring substituents is 1. The smallest absolute Gasteiger partial charge is 0.269 e. The van der Waals surface area contributed by atoms with Gasteiger partial charge in [-0.05, 0) is 42.0 Å². The van der Waals surface area contributed by atoms with E-state index in [9.17, 15) is 10.1 Å². The highest BCUT2D eigenvalue weighted by molar-refractivity contribution is 6.35. The molecular formula is C23H17Cl2N3O4. The van der Waals surface area contributed by atoms with Gasteiger partial charge >= 0.3 is 0 Å². The molecule has 0 radical (unpaired) electrons. The van der Waals surface area contributed by atoms with Gasteiger partial charge in [0.2, 0.25) is 6.23 Å². The van der Waals surface area contributed by atoms with E-state index in [2.05, 4.69) is 0 Å². The van der Waals surface area contributed by atoms with Gasteiger partial charge in [0.05, 0.1) is 28.8 Å². The third-order valence-corrected chi connectivity index (χ3v) is 6.10. The molecule has 2 heterocycles. The van der Waals surface area contributed by atoms with Gasteiger partial charge in [0.25, 0.3) is 5.69 Å². The van der Waals surface area contributed by atoms with Crippen LogP contribution in [-0.4, -0.2) is 22.8 Å². The molecule has 2 aliphatic rings. The Balaban J connectivity index is 1.61. The summed E-state index contributed by atoms with van der Waals surface area (Å²) in [6.07, 6.45) is -0.0769. The van der Waals surface area contributed by atoms with Gasteiger partial charge in [-0.2, -0.15) is 5.10 Å². The molecule has 0 saturated heterocycles. The monoisotopic (exact) mass is 469 g/mol. The number of nitro groups is 1. The predicted octanol–water partition coefficient (Wildman–Crippen LogP) is 6.15. The molecule has 0 spiro atoms. The Morgan fingerprint density at radius 3 is 2.66 bits per heavy atom. The molecule has 0 saturated carbocycles. The number of fused-ring (bicyclic) bond motifs is 3. The minimum absolute atomic E-state index is 0.0193. The summed E-state index contributed by atoms with van der Waals surface area (Å²) in [4.78, 5) is 10.9. The SMILES string of the molecule is COc1ccc(C2=NN3[C@H](C2)c2cc(Cl)cc(Cl)c2O[C@@H]3c2cccc([N+](=O)[O-])c2)cc1. The van der Waals surface area contributed by atoms with Crippen LogP contribution in [0, 0.1) is 10.1 Å². The highest BCUT2D eigenvalue weighted by Gasteiger charge is 2.42. The largest absolute Gasteiger partial charge is 0.497 e. The number of non-ortho nitro benzene ring substituents is 1. The van der Waals surface area contributed by atoms with Crippen molar-refractivity contribution in [2.24, 2.45) is 5.10 Å². The molecule has 3 aromatic carbocycles. The van der Waals surface area contributed by atoms with Crippen molar-refractivity contribution in [2.45, 2.75) is 18.7 Å². The normalized spacial score (nSPS) is 19.0. The van der Waals surface area contributed by atoms with E-state index < -0.39 is 11.2 Å². The van der Waals surface area contributed by atoms with Crippen molar-refractivity contribution < 1.29 is 14.4 Å². The Bertz CT molecular complexity index is 1250. The fraction of sp³-hybridized carbons (Fsp3) is 0.174. The standard InChI is InChI=1S/C23H17Cl2N3O4/c1-31-17-7-5-13(6-8-17)20-12-21-18-10-15(24)11-19(25)22(18)32-23(27(21)26-20)14-3-2-4-16(9-14)28(29)30/h2-11,21,23H,12H2,1H3/t21-,23-/m1/s1.